The van der Waals surface area contributed by atoms with Crippen LogP contribution in [-0.4, -0.2) is 12.0 Å². The van der Waals surface area contributed by atoms with Gasteiger partial charge in [0.15, 0.2) is 0 Å². The molecule has 1 heterocycles. The minimum atomic E-state index is 0.318. The van der Waals surface area contributed by atoms with Crippen LogP contribution in [0.3, 0.4) is 0 Å². The van der Waals surface area contributed by atoms with Gasteiger partial charge in [0, 0.05) is 18.4 Å². The minimum absolute atomic E-state index is 0.318. The molecular weight excluding hydrogens is 220 g/mol. The first kappa shape index (κ1) is 12.8. The zero-order chi connectivity index (χ0) is 13.0. The van der Waals surface area contributed by atoms with Crippen molar-refractivity contribution in [2.45, 2.75) is 26.3 Å². The van der Waals surface area contributed by atoms with Gasteiger partial charge in [-0.1, -0.05) is 24.3 Å². The predicted octanol–water partition coefficient (Wildman–Crippen LogP) is 3.20. The largest absolute Gasteiger partial charge is 0.313 e. The molecule has 2 rings (SSSR count). The molecule has 94 valence electrons. The van der Waals surface area contributed by atoms with Crippen molar-refractivity contribution in [3.8, 4) is 0 Å². The third kappa shape index (κ3) is 2.77. The molecule has 0 aliphatic carbocycles. The molecule has 1 N–H and O–H groups in total. The van der Waals surface area contributed by atoms with E-state index in [0.717, 1.165) is 6.42 Å². The lowest BCUT2D eigenvalue weighted by Gasteiger charge is -2.19. The SMILES string of the molecule is CNC(Cc1c(C)cccc1C)c1cccnc1. The lowest BCUT2D eigenvalue weighted by molar-refractivity contribution is 0.587. The number of hydrogen-bond acceptors (Lipinski definition) is 2. The Bertz CT molecular complexity index is 486. The molecule has 0 amide bonds. The number of aromatic nitrogens is 1. The summed E-state index contributed by atoms with van der Waals surface area (Å²) in [5, 5.41) is 3.38. The summed E-state index contributed by atoms with van der Waals surface area (Å²) < 4.78 is 0. The van der Waals surface area contributed by atoms with Gasteiger partial charge in [0.2, 0.25) is 0 Å². The van der Waals surface area contributed by atoms with Crippen molar-refractivity contribution >= 4 is 0 Å². The predicted molar refractivity (Wildman–Crippen MR) is 75.7 cm³/mol. The summed E-state index contributed by atoms with van der Waals surface area (Å²) in [4.78, 5) is 4.20. The van der Waals surface area contributed by atoms with E-state index < -0.39 is 0 Å². The van der Waals surface area contributed by atoms with Crippen LogP contribution in [0.5, 0.6) is 0 Å². The van der Waals surface area contributed by atoms with Gasteiger partial charge in [0.1, 0.15) is 0 Å². The second-order valence-corrected chi connectivity index (χ2v) is 4.70. The van der Waals surface area contributed by atoms with Crippen molar-refractivity contribution in [2.24, 2.45) is 0 Å². The monoisotopic (exact) mass is 240 g/mol. The fraction of sp³-hybridized carbons (Fsp3) is 0.312. The van der Waals surface area contributed by atoms with E-state index in [-0.39, 0.29) is 0 Å². The second-order valence-electron chi connectivity index (χ2n) is 4.70. The molecule has 1 aromatic heterocycles. The Morgan fingerprint density at radius 2 is 1.83 bits per heavy atom. The van der Waals surface area contributed by atoms with Crippen LogP contribution in [0.25, 0.3) is 0 Å². The molecule has 0 aliphatic rings. The van der Waals surface area contributed by atoms with Crippen LogP contribution in [0.4, 0.5) is 0 Å². The molecular formula is C16H20N2. The summed E-state index contributed by atoms with van der Waals surface area (Å²) in [5.74, 6) is 0. The van der Waals surface area contributed by atoms with Crippen molar-refractivity contribution in [3.63, 3.8) is 0 Å². The maximum Gasteiger partial charge on any atom is 0.0373 e. The van der Waals surface area contributed by atoms with E-state index in [1.165, 1.54) is 22.3 Å². The van der Waals surface area contributed by atoms with Gasteiger partial charge in [0.25, 0.3) is 0 Å². The number of nitrogens with zero attached hydrogens (tertiary/aromatic N) is 1. The molecule has 2 nitrogen and oxygen atoms in total. The second kappa shape index (κ2) is 5.78. The standard InChI is InChI=1S/C16H20N2/c1-12-6-4-7-13(2)15(12)10-16(17-3)14-8-5-9-18-11-14/h4-9,11,16-17H,10H2,1-3H3. The van der Waals surface area contributed by atoms with Crippen molar-refractivity contribution < 1.29 is 0 Å². The van der Waals surface area contributed by atoms with Gasteiger partial charge in [-0.2, -0.15) is 0 Å². The summed E-state index contributed by atoms with van der Waals surface area (Å²) in [7, 11) is 2.01. The van der Waals surface area contributed by atoms with E-state index in [0.29, 0.717) is 6.04 Å². The molecule has 0 saturated heterocycles. The third-order valence-corrected chi connectivity index (χ3v) is 3.49. The van der Waals surface area contributed by atoms with Gasteiger partial charge in [-0.05, 0) is 55.6 Å². The molecule has 1 unspecified atom stereocenters. The summed E-state index contributed by atoms with van der Waals surface area (Å²) in [5.41, 5.74) is 5.39. The Morgan fingerprint density at radius 1 is 1.11 bits per heavy atom. The fourth-order valence-electron chi connectivity index (χ4n) is 2.34. The highest BCUT2D eigenvalue weighted by atomic mass is 14.9. The number of pyridine rings is 1. The maximum absolute atomic E-state index is 4.20. The highest BCUT2D eigenvalue weighted by Crippen LogP contribution is 2.22. The van der Waals surface area contributed by atoms with E-state index in [9.17, 15) is 0 Å². The summed E-state index contributed by atoms with van der Waals surface area (Å²) in [6.45, 7) is 4.36. The molecule has 0 bridgehead atoms. The Kier molecular flexibility index (Phi) is 4.11. The van der Waals surface area contributed by atoms with Crippen molar-refractivity contribution in [1.82, 2.24) is 10.3 Å². The highest BCUT2D eigenvalue weighted by Gasteiger charge is 2.12. The Morgan fingerprint density at radius 3 is 2.39 bits per heavy atom. The Balaban J connectivity index is 2.26. The molecule has 1 atom stereocenters. The molecule has 0 aliphatic heterocycles. The lowest BCUT2D eigenvalue weighted by Crippen LogP contribution is -2.19. The van der Waals surface area contributed by atoms with Crippen LogP contribution in [0.1, 0.15) is 28.3 Å². The number of nitrogens with one attached hydrogen (secondary N) is 1. The van der Waals surface area contributed by atoms with Crippen LogP contribution in [0, 0.1) is 13.8 Å². The van der Waals surface area contributed by atoms with Gasteiger partial charge in [-0.15, -0.1) is 0 Å². The Hall–Kier alpha value is -1.67. The van der Waals surface area contributed by atoms with Gasteiger partial charge >= 0.3 is 0 Å². The molecule has 0 radical (unpaired) electrons. The van der Waals surface area contributed by atoms with Crippen molar-refractivity contribution in [2.75, 3.05) is 7.05 Å². The summed E-state index contributed by atoms with van der Waals surface area (Å²) in [6.07, 6.45) is 4.75. The molecule has 2 aromatic rings. The first-order valence-corrected chi connectivity index (χ1v) is 6.34. The molecule has 0 fully saturated rings. The zero-order valence-corrected chi connectivity index (χ0v) is 11.3. The van der Waals surface area contributed by atoms with E-state index in [1.807, 2.05) is 25.5 Å². The lowest BCUT2D eigenvalue weighted by atomic mass is 9.94. The number of benzene rings is 1. The van der Waals surface area contributed by atoms with Crippen LogP contribution in [-0.2, 0) is 6.42 Å². The smallest absolute Gasteiger partial charge is 0.0373 e. The molecule has 0 saturated carbocycles. The van der Waals surface area contributed by atoms with Crippen LogP contribution in [0.15, 0.2) is 42.7 Å². The number of aryl methyl sites for hydroxylation is 2. The van der Waals surface area contributed by atoms with Crippen LogP contribution < -0.4 is 5.32 Å². The maximum atomic E-state index is 4.20. The van der Waals surface area contributed by atoms with Gasteiger partial charge in [0.05, 0.1) is 0 Å². The van der Waals surface area contributed by atoms with Gasteiger partial charge < -0.3 is 5.32 Å². The van der Waals surface area contributed by atoms with E-state index in [2.05, 4.69) is 48.4 Å². The van der Waals surface area contributed by atoms with Gasteiger partial charge in [-0.3, -0.25) is 4.98 Å². The number of rotatable bonds is 4. The molecule has 18 heavy (non-hydrogen) atoms. The molecule has 2 heteroatoms. The van der Waals surface area contributed by atoms with Gasteiger partial charge in [-0.25, -0.2) is 0 Å². The third-order valence-electron chi connectivity index (χ3n) is 3.49. The molecule has 1 aromatic carbocycles. The number of hydrogen-bond donors (Lipinski definition) is 1. The van der Waals surface area contributed by atoms with Crippen molar-refractivity contribution in [3.05, 3.63) is 65.0 Å². The topological polar surface area (TPSA) is 24.9 Å². The number of likely N-dealkylation sites (N-methyl/N-ethyl adjacent to an activating group) is 1. The zero-order valence-electron chi connectivity index (χ0n) is 11.3. The first-order chi connectivity index (χ1) is 8.72. The quantitative estimate of drug-likeness (QED) is 0.887. The normalized spacial score (nSPS) is 12.4. The van der Waals surface area contributed by atoms with Crippen LogP contribution in [0.2, 0.25) is 0 Å². The Labute approximate surface area is 109 Å². The van der Waals surface area contributed by atoms with E-state index in [4.69, 9.17) is 0 Å². The van der Waals surface area contributed by atoms with Crippen LogP contribution >= 0.6 is 0 Å². The highest BCUT2D eigenvalue weighted by molar-refractivity contribution is 5.35. The minimum Gasteiger partial charge on any atom is -0.313 e. The van der Waals surface area contributed by atoms with E-state index in [1.54, 1.807) is 0 Å². The van der Waals surface area contributed by atoms with Crippen molar-refractivity contribution in [1.29, 1.82) is 0 Å². The first-order valence-electron chi connectivity index (χ1n) is 6.34. The molecule has 0 spiro atoms. The average Bonchev–Trinajstić information content (AvgIpc) is 2.40. The fourth-order valence-corrected chi connectivity index (χ4v) is 2.34. The summed E-state index contributed by atoms with van der Waals surface area (Å²) in [6, 6.07) is 10.9. The average molecular weight is 240 g/mol. The summed E-state index contributed by atoms with van der Waals surface area (Å²) >= 11 is 0. The van der Waals surface area contributed by atoms with E-state index >= 15 is 0 Å².